The second-order valence-corrected chi connectivity index (χ2v) is 4.64. The molecule has 0 radical (unpaired) electrons. The monoisotopic (exact) mass is 249 g/mol. The van der Waals surface area contributed by atoms with Gasteiger partial charge in [0.2, 0.25) is 5.16 Å². The Morgan fingerprint density at radius 2 is 2.12 bits per heavy atom. The Hall–Kier alpha value is -1.56. The molecular formula is C11H15N5S. The Morgan fingerprint density at radius 1 is 1.29 bits per heavy atom. The van der Waals surface area contributed by atoms with E-state index in [2.05, 4.69) is 33.0 Å². The highest BCUT2D eigenvalue weighted by atomic mass is 32.2. The minimum Gasteiger partial charge on any atom is -0.385 e. The number of hydrogen-bond acceptors (Lipinski definition) is 5. The van der Waals surface area contributed by atoms with E-state index in [4.69, 9.17) is 0 Å². The molecule has 0 atom stereocenters. The van der Waals surface area contributed by atoms with Gasteiger partial charge in [0.1, 0.15) is 0 Å². The van der Waals surface area contributed by atoms with Gasteiger partial charge in [-0.15, -0.1) is 5.10 Å². The number of rotatable bonds is 6. The smallest absolute Gasteiger partial charge is 0.209 e. The first kappa shape index (κ1) is 11.9. The van der Waals surface area contributed by atoms with Gasteiger partial charge in [0.05, 0.1) is 0 Å². The first-order valence-electron chi connectivity index (χ1n) is 5.50. The van der Waals surface area contributed by atoms with Crippen molar-refractivity contribution in [3.63, 3.8) is 0 Å². The average molecular weight is 249 g/mol. The van der Waals surface area contributed by atoms with Crippen molar-refractivity contribution in [2.75, 3.05) is 17.6 Å². The largest absolute Gasteiger partial charge is 0.385 e. The number of aromatic nitrogens is 4. The van der Waals surface area contributed by atoms with Crippen LogP contribution in [0.15, 0.2) is 35.5 Å². The summed E-state index contributed by atoms with van der Waals surface area (Å²) in [5.41, 5.74) is 1.16. The molecule has 1 N–H and O–H groups in total. The molecule has 0 spiro atoms. The van der Waals surface area contributed by atoms with Gasteiger partial charge in [0.25, 0.3) is 0 Å². The van der Waals surface area contributed by atoms with Crippen molar-refractivity contribution in [1.82, 2.24) is 20.2 Å². The van der Waals surface area contributed by atoms with Crippen LogP contribution < -0.4 is 5.32 Å². The molecule has 5 nitrogen and oxygen atoms in total. The van der Waals surface area contributed by atoms with E-state index >= 15 is 0 Å². The summed E-state index contributed by atoms with van der Waals surface area (Å²) in [6.07, 6.45) is 1.08. The van der Waals surface area contributed by atoms with E-state index in [9.17, 15) is 0 Å². The van der Waals surface area contributed by atoms with Crippen LogP contribution in [0.5, 0.6) is 0 Å². The van der Waals surface area contributed by atoms with Crippen molar-refractivity contribution in [2.45, 2.75) is 11.6 Å². The van der Waals surface area contributed by atoms with Gasteiger partial charge in [0, 0.05) is 25.0 Å². The van der Waals surface area contributed by atoms with E-state index in [1.807, 2.05) is 25.2 Å². The second-order valence-electron chi connectivity index (χ2n) is 3.58. The van der Waals surface area contributed by atoms with Crippen LogP contribution in [0.1, 0.15) is 6.42 Å². The summed E-state index contributed by atoms with van der Waals surface area (Å²) in [6, 6.07) is 10.2. The van der Waals surface area contributed by atoms with E-state index in [0.717, 1.165) is 29.6 Å². The molecular weight excluding hydrogens is 234 g/mol. The fourth-order valence-corrected chi connectivity index (χ4v) is 2.16. The van der Waals surface area contributed by atoms with Crippen molar-refractivity contribution in [1.29, 1.82) is 0 Å². The standard InChI is InChI=1S/C11H15N5S/c1-16-11(13-14-15-16)17-9-5-8-12-10-6-3-2-4-7-10/h2-4,6-7,12H,5,8-9H2,1H3. The zero-order valence-corrected chi connectivity index (χ0v) is 10.5. The fourth-order valence-electron chi connectivity index (χ4n) is 1.37. The molecule has 0 fully saturated rings. The molecule has 2 rings (SSSR count). The first-order valence-corrected chi connectivity index (χ1v) is 6.49. The Kier molecular flexibility index (Phi) is 4.37. The lowest BCUT2D eigenvalue weighted by Crippen LogP contribution is -2.02. The van der Waals surface area contributed by atoms with E-state index in [1.165, 1.54) is 0 Å². The van der Waals surface area contributed by atoms with Gasteiger partial charge in [-0.3, -0.25) is 0 Å². The number of tetrazole rings is 1. The van der Waals surface area contributed by atoms with Gasteiger partial charge in [-0.1, -0.05) is 30.0 Å². The maximum Gasteiger partial charge on any atom is 0.209 e. The van der Waals surface area contributed by atoms with Gasteiger partial charge in [0.15, 0.2) is 0 Å². The van der Waals surface area contributed by atoms with E-state index in [-0.39, 0.29) is 0 Å². The minimum absolute atomic E-state index is 0.865. The van der Waals surface area contributed by atoms with E-state index in [1.54, 1.807) is 16.4 Å². The lowest BCUT2D eigenvalue weighted by atomic mass is 10.3. The third kappa shape index (κ3) is 3.74. The Morgan fingerprint density at radius 3 is 2.82 bits per heavy atom. The van der Waals surface area contributed by atoms with Gasteiger partial charge in [-0.2, -0.15) is 0 Å². The molecule has 6 heteroatoms. The molecule has 90 valence electrons. The number of aryl methyl sites for hydroxylation is 1. The molecule has 0 aliphatic rings. The lowest BCUT2D eigenvalue weighted by Gasteiger charge is -2.05. The molecule has 0 saturated carbocycles. The molecule has 1 heterocycles. The highest BCUT2D eigenvalue weighted by Crippen LogP contribution is 2.13. The number of hydrogen-bond donors (Lipinski definition) is 1. The number of nitrogens with one attached hydrogen (secondary N) is 1. The van der Waals surface area contributed by atoms with Crippen LogP contribution in [0.2, 0.25) is 0 Å². The maximum atomic E-state index is 3.92. The van der Waals surface area contributed by atoms with Crippen LogP contribution in [0, 0.1) is 0 Å². The number of thioether (sulfide) groups is 1. The Bertz CT molecular complexity index is 442. The molecule has 0 aliphatic heterocycles. The molecule has 0 saturated heterocycles. The highest BCUT2D eigenvalue weighted by Gasteiger charge is 2.01. The number of benzene rings is 1. The van der Waals surface area contributed by atoms with Crippen molar-refractivity contribution < 1.29 is 0 Å². The van der Waals surface area contributed by atoms with Crippen molar-refractivity contribution in [2.24, 2.45) is 7.05 Å². The third-order valence-corrected chi connectivity index (χ3v) is 3.33. The summed E-state index contributed by atoms with van der Waals surface area (Å²) >= 11 is 1.68. The van der Waals surface area contributed by atoms with Crippen LogP contribution >= 0.6 is 11.8 Å². The van der Waals surface area contributed by atoms with Crippen LogP contribution in [-0.2, 0) is 7.05 Å². The maximum absolute atomic E-state index is 3.92. The van der Waals surface area contributed by atoms with Gasteiger partial charge in [-0.25, -0.2) is 4.68 Å². The van der Waals surface area contributed by atoms with E-state index < -0.39 is 0 Å². The van der Waals surface area contributed by atoms with Crippen LogP contribution in [-0.4, -0.2) is 32.5 Å². The topological polar surface area (TPSA) is 55.6 Å². The third-order valence-electron chi connectivity index (χ3n) is 2.24. The second kappa shape index (κ2) is 6.24. The highest BCUT2D eigenvalue weighted by molar-refractivity contribution is 7.99. The fraction of sp³-hybridized carbons (Fsp3) is 0.364. The van der Waals surface area contributed by atoms with Gasteiger partial charge in [-0.05, 0) is 29.0 Å². The summed E-state index contributed by atoms with van der Waals surface area (Å²) in [7, 11) is 1.85. The molecule has 1 aromatic carbocycles. The summed E-state index contributed by atoms with van der Waals surface area (Å²) in [6.45, 7) is 0.961. The number of para-hydroxylation sites is 1. The molecule has 0 unspecified atom stereocenters. The summed E-state index contributed by atoms with van der Waals surface area (Å²) in [4.78, 5) is 0. The molecule has 1 aromatic heterocycles. The number of nitrogens with zero attached hydrogens (tertiary/aromatic N) is 4. The lowest BCUT2D eigenvalue weighted by molar-refractivity contribution is 0.664. The van der Waals surface area contributed by atoms with Gasteiger partial charge < -0.3 is 5.32 Å². The molecule has 17 heavy (non-hydrogen) atoms. The molecule has 0 bridgehead atoms. The zero-order chi connectivity index (χ0) is 11.9. The van der Waals surface area contributed by atoms with E-state index in [0.29, 0.717) is 0 Å². The van der Waals surface area contributed by atoms with Crippen LogP contribution in [0.4, 0.5) is 5.69 Å². The number of anilines is 1. The SMILES string of the molecule is Cn1nnnc1SCCCNc1ccccc1. The van der Waals surface area contributed by atoms with Crippen molar-refractivity contribution in [3.05, 3.63) is 30.3 Å². The predicted octanol–water partition coefficient (Wildman–Crippen LogP) is 1.80. The predicted molar refractivity (Wildman–Crippen MR) is 69.1 cm³/mol. The van der Waals surface area contributed by atoms with Crippen LogP contribution in [0.25, 0.3) is 0 Å². The Labute approximate surface area is 105 Å². The van der Waals surface area contributed by atoms with Crippen molar-refractivity contribution in [3.8, 4) is 0 Å². The molecule has 2 aromatic rings. The summed E-state index contributed by atoms with van der Waals surface area (Å²) in [5, 5.41) is 15.5. The summed E-state index contributed by atoms with van der Waals surface area (Å²) in [5.74, 6) is 1.01. The Balaban J connectivity index is 1.63. The quantitative estimate of drug-likeness (QED) is 0.625. The first-order chi connectivity index (χ1) is 8.36. The minimum atomic E-state index is 0.865. The normalized spacial score (nSPS) is 10.4. The van der Waals surface area contributed by atoms with Gasteiger partial charge >= 0.3 is 0 Å². The average Bonchev–Trinajstić information content (AvgIpc) is 2.76. The molecule has 0 amide bonds. The molecule has 0 aliphatic carbocycles. The van der Waals surface area contributed by atoms with Crippen molar-refractivity contribution >= 4 is 17.4 Å². The van der Waals surface area contributed by atoms with Crippen LogP contribution in [0.3, 0.4) is 0 Å². The summed E-state index contributed by atoms with van der Waals surface area (Å²) < 4.78 is 1.69. The zero-order valence-electron chi connectivity index (χ0n) is 9.71.